The molecule has 0 unspecified atom stereocenters. The minimum atomic E-state index is 0.0590. The molecule has 0 spiro atoms. The number of likely N-dealkylation sites (tertiary alicyclic amines) is 1. The first kappa shape index (κ1) is 18.9. The smallest absolute Gasteiger partial charge is 0.254 e. The number of pyridine rings is 1. The number of hydrogen-bond donors (Lipinski definition) is 0. The van der Waals surface area contributed by atoms with Crippen molar-refractivity contribution >= 4 is 22.7 Å². The number of piperidine rings is 1. The molecule has 0 bridgehead atoms. The second kappa shape index (κ2) is 8.27. The van der Waals surface area contributed by atoms with Crippen molar-refractivity contribution in [1.29, 1.82) is 0 Å². The van der Waals surface area contributed by atoms with Gasteiger partial charge in [-0.3, -0.25) is 19.5 Å². The Hall–Kier alpha value is -2.47. The zero-order valence-electron chi connectivity index (χ0n) is 16.6. The van der Waals surface area contributed by atoms with Gasteiger partial charge in [0, 0.05) is 50.3 Å². The summed E-state index contributed by atoms with van der Waals surface area (Å²) in [7, 11) is 0. The Kier molecular flexibility index (Phi) is 5.57. The minimum absolute atomic E-state index is 0.0590. The van der Waals surface area contributed by atoms with Crippen LogP contribution in [0.4, 0.5) is 0 Å². The molecular formula is C22H28N4O2. The quantitative estimate of drug-likeness (QED) is 0.820. The first-order valence-corrected chi connectivity index (χ1v) is 10.3. The molecule has 1 aromatic carbocycles. The molecule has 0 saturated carbocycles. The van der Waals surface area contributed by atoms with E-state index in [2.05, 4.69) is 9.88 Å². The van der Waals surface area contributed by atoms with Gasteiger partial charge in [-0.15, -0.1) is 0 Å². The maximum atomic E-state index is 13.1. The largest absolute Gasteiger partial charge is 0.342 e. The first-order chi connectivity index (χ1) is 13.6. The van der Waals surface area contributed by atoms with Crippen LogP contribution in [-0.2, 0) is 4.79 Å². The normalized spacial score (nSPS) is 18.5. The Balaban J connectivity index is 1.39. The number of carbonyl (C=O) groups is 2. The summed E-state index contributed by atoms with van der Waals surface area (Å²) in [6, 6.07) is 9.68. The fourth-order valence-corrected chi connectivity index (χ4v) is 4.20. The predicted molar refractivity (Wildman–Crippen MR) is 109 cm³/mol. The highest BCUT2D eigenvalue weighted by Gasteiger charge is 2.26. The summed E-state index contributed by atoms with van der Waals surface area (Å²) < 4.78 is 0. The number of piperazine rings is 1. The molecule has 2 aliphatic rings. The van der Waals surface area contributed by atoms with Crippen molar-refractivity contribution < 1.29 is 9.59 Å². The number of fused-ring (bicyclic) bond motifs is 1. The van der Waals surface area contributed by atoms with Gasteiger partial charge in [0.05, 0.1) is 17.6 Å². The van der Waals surface area contributed by atoms with Crippen LogP contribution in [0.3, 0.4) is 0 Å². The zero-order valence-corrected chi connectivity index (χ0v) is 16.6. The second-order valence-electron chi connectivity index (χ2n) is 7.84. The lowest BCUT2D eigenvalue weighted by Gasteiger charge is -2.36. The van der Waals surface area contributed by atoms with Gasteiger partial charge < -0.3 is 9.80 Å². The maximum Gasteiger partial charge on any atom is 0.254 e. The highest BCUT2D eigenvalue weighted by molar-refractivity contribution is 6.06. The lowest BCUT2D eigenvalue weighted by atomic mass is 10.1. The average molecular weight is 380 g/mol. The lowest BCUT2D eigenvalue weighted by Crippen LogP contribution is -2.52. The fourth-order valence-electron chi connectivity index (χ4n) is 4.20. The zero-order chi connectivity index (χ0) is 19.5. The van der Waals surface area contributed by atoms with Gasteiger partial charge in [0.25, 0.3) is 5.91 Å². The van der Waals surface area contributed by atoms with E-state index < -0.39 is 0 Å². The van der Waals surface area contributed by atoms with Gasteiger partial charge in [-0.05, 0) is 38.3 Å². The van der Waals surface area contributed by atoms with Gasteiger partial charge in [0.1, 0.15) is 0 Å². The number of hydrogen-bond acceptors (Lipinski definition) is 4. The van der Waals surface area contributed by atoms with E-state index in [1.165, 1.54) is 6.42 Å². The van der Waals surface area contributed by atoms with E-state index in [4.69, 9.17) is 0 Å². The molecule has 2 aliphatic heterocycles. The number of amides is 2. The van der Waals surface area contributed by atoms with Crippen molar-refractivity contribution in [3.8, 4) is 0 Å². The van der Waals surface area contributed by atoms with Gasteiger partial charge in [0.2, 0.25) is 5.91 Å². The molecule has 6 nitrogen and oxygen atoms in total. The highest BCUT2D eigenvalue weighted by atomic mass is 16.2. The molecule has 0 atom stereocenters. The molecule has 2 fully saturated rings. The predicted octanol–water partition coefficient (Wildman–Crippen LogP) is 2.31. The van der Waals surface area contributed by atoms with E-state index in [1.807, 2.05) is 47.1 Å². The minimum Gasteiger partial charge on any atom is -0.342 e. The third-order valence-corrected chi connectivity index (χ3v) is 5.80. The van der Waals surface area contributed by atoms with Gasteiger partial charge in [-0.25, -0.2) is 0 Å². The van der Waals surface area contributed by atoms with Crippen molar-refractivity contribution in [3.05, 3.63) is 41.6 Å². The van der Waals surface area contributed by atoms with Crippen LogP contribution in [0.5, 0.6) is 0 Å². The number of aryl methyl sites for hydroxylation is 1. The average Bonchev–Trinajstić information content (AvgIpc) is 2.73. The molecule has 28 heavy (non-hydrogen) atoms. The molecule has 2 amide bonds. The molecule has 0 radical (unpaired) electrons. The van der Waals surface area contributed by atoms with Crippen LogP contribution in [0.1, 0.15) is 35.3 Å². The van der Waals surface area contributed by atoms with Gasteiger partial charge in [0.15, 0.2) is 0 Å². The summed E-state index contributed by atoms with van der Waals surface area (Å²) in [6.07, 6.45) is 3.47. The monoisotopic (exact) mass is 380 g/mol. The highest BCUT2D eigenvalue weighted by Crippen LogP contribution is 2.20. The molecule has 1 aromatic heterocycles. The topological polar surface area (TPSA) is 56.8 Å². The number of benzene rings is 1. The maximum absolute atomic E-state index is 13.1. The van der Waals surface area contributed by atoms with E-state index in [-0.39, 0.29) is 11.8 Å². The number of carbonyl (C=O) groups excluding carboxylic acids is 2. The molecule has 2 saturated heterocycles. The van der Waals surface area contributed by atoms with Gasteiger partial charge >= 0.3 is 0 Å². The van der Waals surface area contributed by atoms with Gasteiger partial charge in [-0.2, -0.15) is 0 Å². The van der Waals surface area contributed by atoms with Crippen molar-refractivity contribution in [3.63, 3.8) is 0 Å². The standard InChI is InChI=1S/C22H28N4O2/c1-17-15-19(18-7-3-4-8-20(18)23-17)22(28)26-13-11-24(12-14-26)16-21(27)25-9-5-2-6-10-25/h3-4,7-8,15H,2,5-6,9-14,16H2,1H3. The van der Waals surface area contributed by atoms with Crippen molar-refractivity contribution in [2.45, 2.75) is 26.2 Å². The summed E-state index contributed by atoms with van der Waals surface area (Å²) in [5.74, 6) is 0.291. The van der Waals surface area contributed by atoms with Crippen LogP contribution in [0, 0.1) is 6.92 Å². The van der Waals surface area contributed by atoms with E-state index in [9.17, 15) is 9.59 Å². The molecule has 0 aliphatic carbocycles. The van der Waals surface area contributed by atoms with Crippen LogP contribution in [0.2, 0.25) is 0 Å². The second-order valence-corrected chi connectivity index (χ2v) is 7.84. The number of rotatable bonds is 3. The molecule has 4 rings (SSSR count). The SMILES string of the molecule is Cc1cc(C(=O)N2CCN(CC(=O)N3CCCCC3)CC2)c2ccccc2n1. The Labute approximate surface area is 166 Å². The Bertz CT molecular complexity index is 868. The lowest BCUT2D eigenvalue weighted by molar-refractivity contribution is -0.133. The van der Waals surface area contributed by atoms with Crippen LogP contribution < -0.4 is 0 Å². The third-order valence-electron chi connectivity index (χ3n) is 5.80. The van der Waals surface area contributed by atoms with Crippen LogP contribution in [-0.4, -0.2) is 77.3 Å². The van der Waals surface area contributed by atoms with E-state index in [0.717, 1.165) is 61.2 Å². The van der Waals surface area contributed by atoms with Gasteiger partial charge in [-0.1, -0.05) is 18.2 Å². The summed E-state index contributed by atoms with van der Waals surface area (Å²) in [5.41, 5.74) is 2.44. The Morgan fingerprint density at radius 1 is 0.929 bits per heavy atom. The molecule has 3 heterocycles. The van der Waals surface area contributed by atoms with Crippen LogP contribution in [0.25, 0.3) is 10.9 Å². The van der Waals surface area contributed by atoms with Crippen molar-refractivity contribution in [1.82, 2.24) is 19.7 Å². The van der Waals surface area contributed by atoms with Crippen molar-refractivity contribution in [2.75, 3.05) is 45.8 Å². The molecule has 148 valence electrons. The van der Waals surface area contributed by atoms with E-state index in [0.29, 0.717) is 19.6 Å². The Morgan fingerprint density at radius 3 is 2.39 bits per heavy atom. The Morgan fingerprint density at radius 2 is 1.64 bits per heavy atom. The van der Waals surface area contributed by atoms with Crippen LogP contribution in [0.15, 0.2) is 30.3 Å². The molecular weight excluding hydrogens is 352 g/mol. The van der Waals surface area contributed by atoms with Crippen LogP contribution >= 0.6 is 0 Å². The third kappa shape index (κ3) is 4.02. The fraction of sp³-hybridized carbons (Fsp3) is 0.500. The summed E-state index contributed by atoms with van der Waals surface area (Å²) >= 11 is 0. The molecule has 0 N–H and O–H groups in total. The summed E-state index contributed by atoms with van der Waals surface area (Å²) in [6.45, 7) is 6.98. The van der Waals surface area contributed by atoms with E-state index >= 15 is 0 Å². The van der Waals surface area contributed by atoms with E-state index in [1.54, 1.807) is 0 Å². The number of aromatic nitrogens is 1. The summed E-state index contributed by atoms with van der Waals surface area (Å²) in [5, 5.41) is 0.904. The number of nitrogens with zero attached hydrogens (tertiary/aromatic N) is 4. The molecule has 2 aromatic rings. The number of para-hydroxylation sites is 1. The first-order valence-electron chi connectivity index (χ1n) is 10.3. The molecule has 6 heteroatoms. The van der Waals surface area contributed by atoms with Crippen molar-refractivity contribution in [2.24, 2.45) is 0 Å². The summed E-state index contributed by atoms with van der Waals surface area (Å²) in [4.78, 5) is 36.2.